The van der Waals surface area contributed by atoms with E-state index in [0.717, 1.165) is 23.5 Å². The molecule has 0 spiro atoms. The highest BCUT2D eigenvalue weighted by atomic mass is 19.4. The van der Waals surface area contributed by atoms with E-state index in [4.69, 9.17) is 14.2 Å². The summed E-state index contributed by atoms with van der Waals surface area (Å²) in [6.45, 7) is 1.65. The van der Waals surface area contributed by atoms with Crippen molar-refractivity contribution in [2.24, 2.45) is 7.05 Å². The summed E-state index contributed by atoms with van der Waals surface area (Å²) in [5, 5.41) is 4.48. The van der Waals surface area contributed by atoms with E-state index in [9.17, 15) is 18.0 Å². The van der Waals surface area contributed by atoms with Crippen LogP contribution in [0.15, 0.2) is 30.3 Å². The fourth-order valence-electron chi connectivity index (χ4n) is 3.20. The summed E-state index contributed by atoms with van der Waals surface area (Å²) in [6, 6.07) is 6.49. The molecule has 10 heteroatoms. The molecule has 0 radical (unpaired) electrons. The van der Waals surface area contributed by atoms with Gasteiger partial charge < -0.3 is 19.1 Å². The zero-order chi connectivity index (χ0) is 21.7. The molecular weight excluding hydrogens is 403 g/mol. The lowest BCUT2D eigenvalue weighted by atomic mass is 10.2. The van der Waals surface area contributed by atoms with E-state index in [1.54, 1.807) is 16.6 Å². The topological polar surface area (TPSA) is 65.8 Å². The molecule has 1 aromatic heterocycles. The third-order valence-corrected chi connectivity index (χ3v) is 4.82. The minimum absolute atomic E-state index is 0.0292. The second kappa shape index (κ2) is 9.48. The SMILES string of the molecule is COCC(=O)N1CCOC(c2cc(CCOc3ccc(C(F)(F)F)cc3)n(C)n2)C1. The number of ether oxygens (including phenoxy) is 3. The highest BCUT2D eigenvalue weighted by Crippen LogP contribution is 2.30. The maximum Gasteiger partial charge on any atom is 0.416 e. The number of carbonyl (C=O) groups excluding carboxylic acids is 1. The number of aryl methyl sites for hydroxylation is 1. The molecule has 1 aliphatic rings. The van der Waals surface area contributed by atoms with E-state index >= 15 is 0 Å². The van der Waals surface area contributed by atoms with Gasteiger partial charge in [0.15, 0.2) is 0 Å². The zero-order valence-corrected chi connectivity index (χ0v) is 16.8. The van der Waals surface area contributed by atoms with Gasteiger partial charge in [0.25, 0.3) is 0 Å². The number of morpholine rings is 1. The van der Waals surface area contributed by atoms with Crippen LogP contribution in [0.1, 0.15) is 23.1 Å². The minimum Gasteiger partial charge on any atom is -0.493 e. The van der Waals surface area contributed by atoms with Gasteiger partial charge in [0.1, 0.15) is 18.5 Å². The van der Waals surface area contributed by atoms with Crippen molar-refractivity contribution in [2.45, 2.75) is 18.7 Å². The average molecular weight is 427 g/mol. The van der Waals surface area contributed by atoms with E-state index < -0.39 is 11.7 Å². The molecule has 1 amide bonds. The molecule has 2 aromatic rings. The van der Waals surface area contributed by atoms with Crippen molar-refractivity contribution >= 4 is 5.91 Å². The van der Waals surface area contributed by atoms with Crippen LogP contribution in [0.3, 0.4) is 0 Å². The van der Waals surface area contributed by atoms with Gasteiger partial charge in [-0.3, -0.25) is 9.48 Å². The molecule has 7 nitrogen and oxygen atoms in total. The van der Waals surface area contributed by atoms with Crippen LogP contribution in [-0.2, 0) is 33.9 Å². The van der Waals surface area contributed by atoms with Gasteiger partial charge >= 0.3 is 6.18 Å². The molecule has 164 valence electrons. The van der Waals surface area contributed by atoms with Crippen LogP contribution in [0.2, 0.25) is 0 Å². The summed E-state index contributed by atoms with van der Waals surface area (Å²) < 4.78 is 55.8. The summed E-state index contributed by atoms with van der Waals surface area (Å²) in [6.07, 6.45) is -4.17. The van der Waals surface area contributed by atoms with Crippen molar-refractivity contribution in [3.63, 3.8) is 0 Å². The van der Waals surface area contributed by atoms with Crippen LogP contribution in [0.4, 0.5) is 13.2 Å². The lowest BCUT2D eigenvalue weighted by Crippen LogP contribution is -2.43. The maximum atomic E-state index is 12.6. The fourth-order valence-corrected chi connectivity index (χ4v) is 3.20. The molecule has 1 unspecified atom stereocenters. The first-order chi connectivity index (χ1) is 14.3. The number of alkyl halides is 3. The number of amides is 1. The van der Waals surface area contributed by atoms with Gasteiger partial charge in [0, 0.05) is 32.8 Å². The zero-order valence-electron chi connectivity index (χ0n) is 16.8. The molecule has 3 rings (SSSR count). The Bertz CT molecular complexity index is 852. The number of hydrogen-bond acceptors (Lipinski definition) is 5. The molecule has 1 saturated heterocycles. The molecule has 1 aliphatic heterocycles. The minimum atomic E-state index is -4.37. The number of rotatable bonds is 7. The summed E-state index contributed by atoms with van der Waals surface area (Å²) in [5.74, 6) is 0.278. The van der Waals surface area contributed by atoms with Gasteiger partial charge in [-0.2, -0.15) is 18.3 Å². The first-order valence-electron chi connectivity index (χ1n) is 9.49. The quantitative estimate of drug-likeness (QED) is 0.680. The number of nitrogens with zero attached hydrogens (tertiary/aromatic N) is 3. The molecule has 0 bridgehead atoms. The summed E-state index contributed by atoms with van der Waals surface area (Å²) in [5.41, 5.74) is 0.898. The molecule has 1 fully saturated rings. The van der Waals surface area contributed by atoms with E-state index in [0.29, 0.717) is 31.9 Å². The van der Waals surface area contributed by atoms with Crippen LogP contribution in [-0.4, -0.2) is 60.6 Å². The lowest BCUT2D eigenvalue weighted by molar-refractivity contribution is -0.143. The Hall–Kier alpha value is -2.59. The average Bonchev–Trinajstić information content (AvgIpc) is 3.09. The van der Waals surface area contributed by atoms with Gasteiger partial charge in [0.05, 0.1) is 31.0 Å². The van der Waals surface area contributed by atoms with Crippen LogP contribution >= 0.6 is 0 Å². The third kappa shape index (κ3) is 5.51. The van der Waals surface area contributed by atoms with Crippen LogP contribution < -0.4 is 4.74 Å². The van der Waals surface area contributed by atoms with Crippen molar-refractivity contribution in [3.8, 4) is 5.75 Å². The van der Waals surface area contributed by atoms with Crippen LogP contribution in [0.25, 0.3) is 0 Å². The summed E-state index contributed by atoms with van der Waals surface area (Å²) in [4.78, 5) is 13.7. The molecule has 0 aliphatic carbocycles. The Balaban J connectivity index is 1.55. The normalized spacial score (nSPS) is 17.2. The Kier molecular flexibility index (Phi) is 6.99. The molecule has 0 N–H and O–H groups in total. The predicted octanol–water partition coefficient (Wildman–Crippen LogP) is 2.61. The fraction of sp³-hybridized carbons (Fsp3) is 0.500. The number of aromatic nitrogens is 2. The van der Waals surface area contributed by atoms with Gasteiger partial charge in [-0.1, -0.05) is 0 Å². The molecule has 2 heterocycles. The van der Waals surface area contributed by atoms with Gasteiger partial charge in [-0.05, 0) is 30.3 Å². The Morgan fingerprint density at radius 2 is 2.03 bits per heavy atom. The number of carbonyl (C=O) groups is 1. The van der Waals surface area contributed by atoms with Crippen LogP contribution in [0, 0.1) is 0 Å². The maximum absolute atomic E-state index is 12.6. The third-order valence-electron chi connectivity index (χ3n) is 4.82. The van der Waals surface area contributed by atoms with E-state index in [1.807, 2.05) is 6.07 Å². The molecule has 0 saturated carbocycles. The van der Waals surface area contributed by atoms with Gasteiger partial charge in [0.2, 0.25) is 5.91 Å². The van der Waals surface area contributed by atoms with Crippen molar-refractivity contribution in [1.29, 1.82) is 0 Å². The second-order valence-electron chi connectivity index (χ2n) is 6.94. The first kappa shape index (κ1) is 22.1. The Labute approximate surface area is 172 Å². The number of halogens is 3. The second-order valence-corrected chi connectivity index (χ2v) is 6.94. The molecular formula is C20H24F3N3O4. The highest BCUT2D eigenvalue weighted by molar-refractivity contribution is 5.77. The molecule has 30 heavy (non-hydrogen) atoms. The van der Waals surface area contributed by atoms with Crippen molar-refractivity contribution in [3.05, 3.63) is 47.3 Å². The van der Waals surface area contributed by atoms with Gasteiger partial charge in [-0.25, -0.2) is 0 Å². The van der Waals surface area contributed by atoms with E-state index in [2.05, 4.69) is 5.10 Å². The largest absolute Gasteiger partial charge is 0.493 e. The number of benzene rings is 1. The molecule has 1 atom stereocenters. The van der Waals surface area contributed by atoms with Crippen molar-refractivity contribution < 1.29 is 32.2 Å². The monoisotopic (exact) mass is 427 g/mol. The van der Waals surface area contributed by atoms with Crippen molar-refractivity contribution in [2.75, 3.05) is 40.0 Å². The standard InChI is InChI=1S/C20H24F3N3O4/c1-25-15(7-9-29-16-5-3-14(4-6-16)20(21,22)23)11-17(24-25)18-12-26(8-10-30-18)19(27)13-28-2/h3-6,11,18H,7-10,12-13H2,1-2H3. The smallest absolute Gasteiger partial charge is 0.416 e. The van der Waals surface area contributed by atoms with Crippen molar-refractivity contribution in [1.82, 2.24) is 14.7 Å². The molecule has 1 aromatic carbocycles. The number of methoxy groups -OCH3 is 1. The predicted molar refractivity (Wildman–Crippen MR) is 101 cm³/mol. The van der Waals surface area contributed by atoms with Gasteiger partial charge in [-0.15, -0.1) is 0 Å². The Morgan fingerprint density at radius 1 is 1.30 bits per heavy atom. The van der Waals surface area contributed by atoms with Crippen LogP contribution in [0.5, 0.6) is 5.75 Å². The first-order valence-corrected chi connectivity index (χ1v) is 9.49. The summed E-state index contributed by atoms with van der Waals surface area (Å²) >= 11 is 0. The Morgan fingerprint density at radius 3 is 2.70 bits per heavy atom. The lowest BCUT2D eigenvalue weighted by Gasteiger charge is -2.32. The highest BCUT2D eigenvalue weighted by Gasteiger charge is 2.30. The summed E-state index contributed by atoms with van der Waals surface area (Å²) in [7, 11) is 3.28. The van der Waals surface area contributed by atoms with E-state index in [1.165, 1.54) is 19.2 Å². The van der Waals surface area contributed by atoms with E-state index in [-0.39, 0.29) is 25.2 Å². The number of hydrogen-bond donors (Lipinski definition) is 0.